The second kappa shape index (κ2) is 11.6. The van der Waals surface area contributed by atoms with Crippen LogP contribution in [0.3, 0.4) is 0 Å². The molecule has 1 saturated heterocycles. The minimum absolute atomic E-state index is 0.0719. The van der Waals surface area contributed by atoms with Gasteiger partial charge in [-0.3, -0.25) is 14.8 Å². The number of anilines is 2. The SMILES string of the molecule is Cc1noc(C2CCN(c3ccc(C4(C(=O)NS(=O)(=O)C5(CO)CC5)CC4)cc3)CC2)c1NC(=O)O[C@H](C)c1ccccc1. The Morgan fingerprint density at radius 1 is 1.07 bits per heavy atom. The maximum atomic E-state index is 13.1. The number of benzene rings is 2. The van der Waals surface area contributed by atoms with Gasteiger partial charge in [-0.25, -0.2) is 13.2 Å². The summed E-state index contributed by atoms with van der Waals surface area (Å²) in [5.74, 6) is 0.200. The number of rotatable bonds is 10. The van der Waals surface area contributed by atoms with Crippen molar-refractivity contribution in [3.05, 3.63) is 77.2 Å². The third-order valence-electron chi connectivity index (χ3n) is 9.40. The van der Waals surface area contributed by atoms with Gasteiger partial charge in [0.25, 0.3) is 0 Å². The molecule has 0 bridgehead atoms. The molecule has 2 aliphatic carbocycles. The Labute approximate surface area is 257 Å². The van der Waals surface area contributed by atoms with Gasteiger partial charge >= 0.3 is 6.09 Å². The van der Waals surface area contributed by atoms with E-state index in [4.69, 9.17) is 9.26 Å². The molecule has 12 heteroatoms. The lowest BCUT2D eigenvalue weighted by Crippen LogP contribution is -2.45. The average Bonchev–Trinajstić information content (AvgIpc) is 3.96. The normalized spacial score (nSPS) is 19.6. The highest BCUT2D eigenvalue weighted by Gasteiger charge is 2.58. The molecule has 2 amide bonds. The first-order valence-corrected chi connectivity index (χ1v) is 16.6. The molecular formula is C32H38N4O7S. The number of aliphatic hydroxyl groups excluding tert-OH is 1. The first-order valence-electron chi connectivity index (χ1n) is 15.1. The van der Waals surface area contributed by atoms with Crippen LogP contribution in [0.2, 0.25) is 0 Å². The smallest absolute Gasteiger partial charge is 0.412 e. The summed E-state index contributed by atoms with van der Waals surface area (Å²) in [4.78, 5) is 28.0. The van der Waals surface area contributed by atoms with E-state index in [1.807, 2.05) is 61.5 Å². The van der Waals surface area contributed by atoms with E-state index >= 15 is 0 Å². The van der Waals surface area contributed by atoms with Crippen LogP contribution in [-0.2, 0) is 25.0 Å². The van der Waals surface area contributed by atoms with E-state index in [0.717, 1.165) is 42.7 Å². The summed E-state index contributed by atoms with van der Waals surface area (Å²) >= 11 is 0. The quantitative estimate of drug-likeness (QED) is 0.293. The van der Waals surface area contributed by atoms with Crippen molar-refractivity contribution in [3.63, 3.8) is 0 Å². The molecule has 11 nitrogen and oxygen atoms in total. The van der Waals surface area contributed by atoms with E-state index in [1.165, 1.54) is 0 Å². The summed E-state index contributed by atoms with van der Waals surface area (Å²) in [6.45, 7) is 4.64. The highest BCUT2D eigenvalue weighted by atomic mass is 32.2. The number of carbonyl (C=O) groups is 2. The Bertz CT molecular complexity index is 1620. The maximum Gasteiger partial charge on any atom is 0.412 e. The molecule has 1 atom stereocenters. The first-order chi connectivity index (χ1) is 21.1. The Hall–Kier alpha value is -3.90. The van der Waals surface area contributed by atoms with Crippen LogP contribution in [0.4, 0.5) is 16.2 Å². The van der Waals surface area contributed by atoms with Crippen LogP contribution in [0.15, 0.2) is 59.1 Å². The van der Waals surface area contributed by atoms with E-state index < -0.39 is 44.9 Å². The maximum absolute atomic E-state index is 13.1. The van der Waals surface area contributed by atoms with Crippen LogP contribution in [0.1, 0.15) is 80.1 Å². The molecule has 1 aromatic heterocycles. The van der Waals surface area contributed by atoms with Crippen molar-refractivity contribution in [2.24, 2.45) is 0 Å². The molecule has 2 heterocycles. The molecule has 2 aromatic carbocycles. The molecule has 1 aliphatic heterocycles. The van der Waals surface area contributed by atoms with Gasteiger partial charge in [0.1, 0.15) is 22.2 Å². The summed E-state index contributed by atoms with van der Waals surface area (Å²) in [6, 6.07) is 17.3. The van der Waals surface area contributed by atoms with E-state index in [0.29, 0.717) is 42.8 Å². The van der Waals surface area contributed by atoms with Gasteiger partial charge in [-0.15, -0.1) is 0 Å². The van der Waals surface area contributed by atoms with Crippen molar-refractivity contribution in [1.82, 2.24) is 9.88 Å². The monoisotopic (exact) mass is 622 g/mol. The van der Waals surface area contributed by atoms with E-state index in [-0.39, 0.29) is 5.92 Å². The van der Waals surface area contributed by atoms with Crippen LogP contribution >= 0.6 is 0 Å². The van der Waals surface area contributed by atoms with Crippen LogP contribution in [-0.4, -0.2) is 55.1 Å². The fraction of sp³-hybridized carbons (Fsp3) is 0.469. The zero-order chi connectivity index (χ0) is 31.1. The van der Waals surface area contributed by atoms with Crippen molar-refractivity contribution in [2.75, 3.05) is 29.9 Å². The lowest BCUT2D eigenvalue weighted by molar-refractivity contribution is -0.121. The van der Waals surface area contributed by atoms with Crippen LogP contribution < -0.4 is 14.9 Å². The molecule has 2 saturated carbocycles. The van der Waals surface area contributed by atoms with E-state index in [2.05, 4.69) is 20.1 Å². The summed E-state index contributed by atoms with van der Waals surface area (Å²) in [5.41, 5.74) is 3.00. The molecule has 3 aliphatic rings. The third-order valence-corrected chi connectivity index (χ3v) is 11.5. The van der Waals surface area contributed by atoms with Crippen LogP contribution in [0, 0.1) is 6.92 Å². The number of hydrogen-bond donors (Lipinski definition) is 3. The number of amides is 2. The van der Waals surface area contributed by atoms with Crippen molar-refractivity contribution < 1.29 is 32.4 Å². The number of ether oxygens (including phenoxy) is 1. The highest BCUT2D eigenvalue weighted by Crippen LogP contribution is 2.50. The lowest BCUT2D eigenvalue weighted by atomic mass is 9.92. The largest absolute Gasteiger partial charge is 0.441 e. The first kappa shape index (κ1) is 30.1. The molecule has 3 fully saturated rings. The second-order valence-corrected chi connectivity index (χ2v) is 14.3. The standard InChI is InChI=1S/C32H38N4O7S/c1-21-27(33-30(39)42-22(2)23-6-4-3-5-7-23)28(43-34-21)24-12-18-36(19-13-24)26-10-8-25(9-11-26)32(16-17-32)29(38)35-44(40,41)31(20-37)14-15-31/h3-11,22,24,37H,12-20H2,1-2H3,(H,33,39)(H,35,38)/t22-/m1/s1. The third kappa shape index (κ3) is 5.68. The number of sulfonamides is 1. The predicted molar refractivity (Wildman–Crippen MR) is 164 cm³/mol. The van der Waals surface area contributed by atoms with Crippen molar-refractivity contribution in [1.29, 1.82) is 0 Å². The molecule has 3 N–H and O–H groups in total. The van der Waals surface area contributed by atoms with Gasteiger partial charge in [0.2, 0.25) is 15.9 Å². The number of aliphatic hydroxyl groups is 1. The highest BCUT2D eigenvalue weighted by molar-refractivity contribution is 7.91. The minimum atomic E-state index is -3.93. The number of piperidine rings is 1. The average molecular weight is 623 g/mol. The van der Waals surface area contributed by atoms with Crippen molar-refractivity contribution in [2.45, 2.75) is 74.6 Å². The van der Waals surface area contributed by atoms with Crippen molar-refractivity contribution >= 4 is 33.4 Å². The van der Waals surface area contributed by atoms with E-state index in [9.17, 15) is 23.1 Å². The summed E-state index contributed by atoms with van der Waals surface area (Å²) in [5, 5.41) is 16.5. The van der Waals surface area contributed by atoms with Gasteiger partial charge in [0, 0.05) is 24.7 Å². The molecular weight excluding hydrogens is 584 g/mol. The zero-order valence-electron chi connectivity index (χ0n) is 24.9. The van der Waals surface area contributed by atoms with Crippen molar-refractivity contribution in [3.8, 4) is 0 Å². The lowest BCUT2D eigenvalue weighted by Gasteiger charge is -2.33. The number of nitrogens with zero attached hydrogens (tertiary/aromatic N) is 2. The second-order valence-electron chi connectivity index (χ2n) is 12.3. The number of hydrogen-bond acceptors (Lipinski definition) is 9. The molecule has 0 spiro atoms. The molecule has 3 aromatic rings. The summed E-state index contributed by atoms with van der Waals surface area (Å²) < 4.78 is 37.7. The fourth-order valence-corrected chi connectivity index (χ4v) is 7.51. The Balaban J connectivity index is 1.05. The molecule has 234 valence electrons. The number of aryl methyl sites for hydroxylation is 1. The molecule has 44 heavy (non-hydrogen) atoms. The van der Waals surface area contributed by atoms with Gasteiger partial charge in [-0.2, -0.15) is 0 Å². The number of carbonyl (C=O) groups excluding carboxylic acids is 2. The number of aromatic nitrogens is 1. The summed E-state index contributed by atoms with van der Waals surface area (Å²) in [7, 11) is -3.93. The van der Waals surface area contributed by atoms with Crippen LogP contribution in [0.25, 0.3) is 0 Å². The minimum Gasteiger partial charge on any atom is -0.441 e. The summed E-state index contributed by atoms with van der Waals surface area (Å²) in [6.07, 6.45) is 2.49. The fourth-order valence-electron chi connectivity index (χ4n) is 6.04. The molecule has 0 unspecified atom stereocenters. The van der Waals surface area contributed by atoms with Gasteiger partial charge in [-0.1, -0.05) is 47.6 Å². The van der Waals surface area contributed by atoms with Gasteiger partial charge in [0.05, 0.1) is 12.0 Å². The zero-order valence-corrected chi connectivity index (χ0v) is 25.7. The van der Waals surface area contributed by atoms with Gasteiger partial charge < -0.3 is 19.3 Å². The van der Waals surface area contributed by atoms with E-state index in [1.54, 1.807) is 6.92 Å². The van der Waals surface area contributed by atoms with Crippen LogP contribution in [0.5, 0.6) is 0 Å². The number of nitrogens with one attached hydrogen (secondary N) is 2. The van der Waals surface area contributed by atoms with Gasteiger partial charge in [0.15, 0.2) is 5.76 Å². The molecule has 6 rings (SSSR count). The Kier molecular flexibility index (Phi) is 7.91. The van der Waals surface area contributed by atoms with Gasteiger partial charge in [-0.05, 0) is 75.6 Å². The molecule has 0 radical (unpaired) electrons. The Morgan fingerprint density at radius 2 is 1.73 bits per heavy atom. The Morgan fingerprint density at radius 3 is 2.32 bits per heavy atom. The predicted octanol–water partition coefficient (Wildman–Crippen LogP) is 4.68. The topological polar surface area (TPSA) is 151 Å².